The Kier molecular flexibility index (Phi) is 7.80. The van der Waals surface area contributed by atoms with Crippen LogP contribution in [0, 0.1) is 0 Å². The Morgan fingerprint density at radius 2 is 1.57 bits per heavy atom. The van der Waals surface area contributed by atoms with Crippen LogP contribution in [0.5, 0.6) is 5.75 Å². The number of carbonyl (C=O) groups is 2. The summed E-state index contributed by atoms with van der Waals surface area (Å²) < 4.78 is 11.6. The normalized spacial score (nSPS) is 18.3. The van der Waals surface area contributed by atoms with Crippen LogP contribution in [-0.4, -0.2) is 41.1 Å². The van der Waals surface area contributed by atoms with Crippen molar-refractivity contribution in [3.8, 4) is 5.75 Å². The Morgan fingerprint density at radius 1 is 0.971 bits per heavy atom. The summed E-state index contributed by atoms with van der Waals surface area (Å²) in [6.07, 6.45) is 0.546. The molecule has 7 heteroatoms. The number of nitrogens with one attached hydrogen (secondary N) is 1. The van der Waals surface area contributed by atoms with E-state index in [-0.39, 0.29) is 12.5 Å². The number of carbonyl (C=O) groups excluding carboxylic acids is 2. The minimum atomic E-state index is -0.925. The lowest BCUT2D eigenvalue weighted by Crippen LogP contribution is -2.51. The van der Waals surface area contributed by atoms with Gasteiger partial charge in [0.05, 0.1) is 18.6 Å². The van der Waals surface area contributed by atoms with Crippen molar-refractivity contribution in [1.82, 2.24) is 10.4 Å². The molecule has 2 unspecified atom stereocenters. The number of ether oxygens (including phenoxy) is 2. The first-order valence-electron chi connectivity index (χ1n) is 11.7. The molecule has 1 aliphatic heterocycles. The summed E-state index contributed by atoms with van der Waals surface area (Å²) in [6.45, 7) is 3.02. The molecule has 182 valence electrons. The van der Waals surface area contributed by atoms with E-state index in [4.69, 9.17) is 9.47 Å². The fraction of sp³-hybridized carbons (Fsp3) is 0.286. The van der Waals surface area contributed by atoms with E-state index in [0.717, 1.165) is 22.4 Å². The van der Waals surface area contributed by atoms with Gasteiger partial charge in [-0.3, -0.25) is 14.8 Å². The monoisotopic (exact) mass is 474 g/mol. The molecule has 0 radical (unpaired) electrons. The molecule has 2 N–H and O–H groups in total. The first-order valence-corrected chi connectivity index (χ1v) is 11.7. The van der Waals surface area contributed by atoms with Crippen LogP contribution in [0.1, 0.15) is 30.0 Å². The Bertz CT molecular complexity index is 1120. The molecule has 7 nitrogen and oxygen atoms in total. The summed E-state index contributed by atoms with van der Waals surface area (Å²) in [4.78, 5) is 27.4. The van der Waals surface area contributed by atoms with Gasteiger partial charge in [0.2, 0.25) is 5.91 Å². The number of rotatable bonds is 10. The van der Waals surface area contributed by atoms with Gasteiger partial charge in [-0.2, -0.15) is 0 Å². The van der Waals surface area contributed by atoms with Crippen LogP contribution in [0.15, 0.2) is 84.9 Å². The second-order valence-electron chi connectivity index (χ2n) is 8.87. The van der Waals surface area contributed by atoms with Crippen LogP contribution in [0.25, 0.3) is 0 Å². The number of amides is 2. The van der Waals surface area contributed by atoms with E-state index in [2.05, 4.69) is 0 Å². The number of hydroxylamine groups is 1. The van der Waals surface area contributed by atoms with E-state index < -0.39 is 17.4 Å². The SMILES string of the molecule is CC1(c2ccc(OCc3ccccc3)cc2)CCN(C(COCc2ccccc2)C(=O)NO)C1=O. The first-order chi connectivity index (χ1) is 17.0. The standard InChI is InChI=1S/C28H30N2O5/c1-28(23-12-14-24(15-13-23)35-19-22-10-6-3-7-11-22)16-17-30(27(28)32)25(26(31)29-33)20-34-18-21-8-4-2-5-9-21/h2-15,25,33H,16-20H2,1H3,(H,29,31). The predicted octanol–water partition coefficient (Wildman–Crippen LogP) is 3.85. The Balaban J connectivity index is 1.41. The van der Waals surface area contributed by atoms with Crippen LogP contribution in [0.4, 0.5) is 0 Å². The molecule has 3 aromatic carbocycles. The summed E-state index contributed by atoms with van der Waals surface area (Å²) in [6, 6.07) is 26.1. The molecule has 2 atom stereocenters. The molecule has 2 amide bonds. The molecule has 0 bridgehead atoms. The van der Waals surface area contributed by atoms with E-state index >= 15 is 0 Å². The van der Waals surface area contributed by atoms with E-state index in [1.165, 1.54) is 4.90 Å². The van der Waals surface area contributed by atoms with Crippen molar-refractivity contribution in [3.05, 3.63) is 102 Å². The Labute approximate surface area is 205 Å². The number of hydrogen-bond acceptors (Lipinski definition) is 5. The number of likely N-dealkylation sites (tertiary alicyclic amines) is 1. The van der Waals surface area contributed by atoms with Gasteiger partial charge in [0, 0.05) is 6.54 Å². The van der Waals surface area contributed by atoms with Crippen LogP contribution < -0.4 is 10.2 Å². The fourth-order valence-corrected chi connectivity index (χ4v) is 4.34. The van der Waals surface area contributed by atoms with Gasteiger partial charge in [0.25, 0.3) is 5.91 Å². The summed E-state index contributed by atoms with van der Waals surface area (Å²) in [5.74, 6) is -0.122. The van der Waals surface area contributed by atoms with E-state index in [1.807, 2.05) is 91.9 Å². The largest absolute Gasteiger partial charge is 0.489 e. The molecular weight excluding hydrogens is 444 g/mol. The molecular formula is C28H30N2O5. The average Bonchev–Trinajstić information content (AvgIpc) is 3.21. The Morgan fingerprint density at radius 3 is 2.17 bits per heavy atom. The van der Waals surface area contributed by atoms with Gasteiger partial charge >= 0.3 is 0 Å². The van der Waals surface area contributed by atoms with Gasteiger partial charge in [-0.1, -0.05) is 72.8 Å². The van der Waals surface area contributed by atoms with Crippen molar-refractivity contribution in [2.75, 3.05) is 13.2 Å². The van der Waals surface area contributed by atoms with Gasteiger partial charge in [-0.15, -0.1) is 0 Å². The van der Waals surface area contributed by atoms with E-state index in [0.29, 0.717) is 26.2 Å². The zero-order chi connectivity index (χ0) is 24.7. The maximum Gasteiger partial charge on any atom is 0.268 e. The van der Waals surface area contributed by atoms with Gasteiger partial charge in [-0.25, -0.2) is 5.48 Å². The van der Waals surface area contributed by atoms with Crippen LogP contribution in [-0.2, 0) is 33.0 Å². The molecule has 0 saturated carbocycles. The molecule has 4 rings (SSSR count). The summed E-state index contributed by atoms with van der Waals surface area (Å²) in [7, 11) is 0. The lowest BCUT2D eigenvalue weighted by molar-refractivity contribution is -0.146. The maximum absolute atomic E-state index is 13.5. The third-order valence-electron chi connectivity index (χ3n) is 6.50. The molecule has 0 spiro atoms. The molecule has 1 saturated heterocycles. The third-order valence-corrected chi connectivity index (χ3v) is 6.50. The minimum Gasteiger partial charge on any atom is -0.489 e. The average molecular weight is 475 g/mol. The van der Waals surface area contributed by atoms with Crippen molar-refractivity contribution in [2.45, 2.75) is 38.0 Å². The minimum absolute atomic E-state index is 0.0185. The molecule has 0 aromatic heterocycles. The van der Waals surface area contributed by atoms with E-state index in [9.17, 15) is 14.8 Å². The summed E-state index contributed by atoms with van der Waals surface area (Å²) in [5, 5.41) is 9.27. The molecule has 0 aliphatic carbocycles. The fourth-order valence-electron chi connectivity index (χ4n) is 4.34. The van der Waals surface area contributed by atoms with Crippen molar-refractivity contribution < 1.29 is 24.3 Å². The zero-order valence-corrected chi connectivity index (χ0v) is 19.7. The van der Waals surface area contributed by atoms with Crippen LogP contribution in [0.2, 0.25) is 0 Å². The Hall–Kier alpha value is -3.68. The third kappa shape index (κ3) is 5.70. The first kappa shape index (κ1) is 24.4. The van der Waals surface area contributed by atoms with Gasteiger partial charge in [0.15, 0.2) is 0 Å². The highest BCUT2D eigenvalue weighted by atomic mass is 16.5. The van der Waals surface area contributed by atoms with Crippen LogP contribution >= 0.6 is 0 Å². The molecule has 1 fully saturated rings. The van der Waals surface area contributed by atoms with Crippen molar-refractivity contribution in [2.24, 2.45) is 0 Å². The number of hydrogen-bond donors (Lipinski definition) is 2. The topological polar surface area (TPSA) is 88.1 Å². The molecule has 35 heavy (non-hydrogen) atoms. The summed E-state index contributed by atoms with van der Waals surface area (Å²) >= 11 is 0. The van der Waals surface area contributed by atoms with Gasteiger partial charge in [0.1, 0.15) is 18.4 Å². The second-order valence-corrected chi connectivity index (χ2v) is 8.87. The van der Waals surface area contributed by atoms with Gasteiger partial charge in [-0.05, 0) is 42.2 Å². The zero-order valence-electron chi connectivity index (χ0n) is 19.7. The van der Waals surface area contributed by atoms with Crippen molar-refractivity contribution in [1.29, 1.82) is 0 Å². The smallest absolute Gasteiger partial charge is 0.268 e. The molecule has 3 aromatic rings. The van der Waals surface area contributed by atoms with Gasteiger partial charge < -0.3 is 14.4 Å². The summed E-state index contributed by atoms with van der Waals surface area (Å²) in [5.41, 5.74) is 3.79. The maximum atomic E-state index is 13.5. The predicted molar refractivity (Wildman–Crippen MR) is 131 cm³/mol. The highest BCUT2D eigenvalue weighted by Crippen LogP contribution is 2.37. The highest BCUT2D eigenvalue weighted by Gasteiger charge is 2.47. The van der Waals surface area contributed by atoms with Crippen molar-refractivity contribution >= 4 is 11.8 Å². The lowest BCUT2D eigenvalue weighted by Gasteiger charge is -2.29. The quantitative estimate of drug-likeness (QED) is 0.344. The second kappa shape index (κ2) is 11.2. The number of nitrogens with zero attached hydrogens (tertiary/aromatic N) is 1. The van der Waals surface area contributed by atoms with Crippen LogP contribution in [0.3, 0.4) is 0 Å². The molecule has 1 aliphatic rings. The molecule has 1 heterocycles. The lowest BCUT2D eigenvalue weighted by atomic mass is 9.81. The highest BCUT2D eigenvalue weighted by molar-refractivity contribution is 5.94. The number of benzene rings is 3. The van der Waals surface area contributed by atoms with E-state index in [1.54, 1.807) is 5.48 Å². The van der Waals surface area contributed by atoms with Crippen molar-refractivity contribution in [3.63, 3.8) is 0 Å².